The van der Waals surface area contributed by atoms with Crippen LogP contribution >= 0.6 is 0 Å². The van der Waals surface area contributed by atoms with Gasteiger partial charge in [-0.3, -0.25) is 0 Å². The largest absolute Gasteiger partial charge is 0.497 e. The Labute approximate surface area is 214 Å². The van der Waals surface area contributed by atoms with Gasteiger partial charge in [-0.2, -0.15) is 10.2 Å². The molecule has 0 aliphatic heterocycles. The molecule has 5 rings (SSSR count). The number of nitriles is 1. The normalized spacial score (nSPS) is 11.7. The van der Waals surface area contributed by atoms with Gasteiger partial charge in [0.15, 0.2) is 5.82 Å². The Kier molecular flexibility index (Phi) is 6.79. The Morgan fingerprint density at radius 2 is 1.86 bits per heavy atom. The molecule has 37 heavy (non-hydrogen) atoms. The van der Waals surface area contributed by atoms with Crippen molar-refractivity contribution in [2.45, 2.75) is 19.6 Å². The smallest absolute Gasteiger partial charge is 0.258 e. The van der Waals surface area contributed by atoms with Gasteiger partial charge in [-0.25, -0.2) is 4.98 Å². The first-order chi connectivity index (χ1) is 18.1. The molecule has 0 fully saturated rings. The van der Waals surface area contributed by atoms with Gasteiger partial charge < -0.3 is 18.6 Å². The van der Waals surface area contributed by atoms with Gasteiger partial charge in [0.1, 0.15) is 24.3 Å². The average molecular weight is 492 g/mol. The molecule has 0 aliphatic rings. The molecule has 0 saturated heterocycles. The van der Waals surface area contributed by atoms with Crippen LogP contribution in [-0.2, 0) is 18.4 Å². The highest BCUT2D eigenvalue weighted by atomic mass is 16.5. The number of benzene rings is 3. The van der Waals surface area contributed by atoms with Crippen molar-refractivity contribution in [3.8, 4) is 34.4 Å². The predicted octanol–water partition coefficient (Wildman–Crippen LogP) is 5.63. The summed E-state index contributed by atoms with van der Waals surface area (Å²) in [6.07, 6.45) is 3.08. The highest BCUT2D eigenvalue weighted by Crippen LogP contribution is 2.33. The first kappa shape index (κ1) is 24.0. The molecule has 8 heteroatoms. The molecule has 184 valence electrons. The summed E-state index contributed by atoms with van der Waals surface area (Å²) in [6.45, 7) is 2.14. The number of methoxy groups -OCH3 is 1. The van der Waals surface area contributed by atoms with Crippen molar-refractivity contribution in [2.75, 3.05) is 7.11 Å². The monoisotopic (exact) mass is 491 g/mol. The second-order valence-corrected chi connectivity index (χ2v) is 8.56. The van der Waals surface area contributed by atoms with Gasteiger partial charge in [-0.05, 0) is 60.0 Å². The zero-order valence-electron chi connectivity index (χ0n) is 20.8. The maximum Gasteiger partial charge on any atom is 0.258 e. The third-order valence-corrected chi connectivity index (χ3v) is 6.18. The number of aryl methyl sites for hydroxylation is 2. The molecule has 1 unspecified atom stereocenters. The molecule has 0 bridgehead atoms. The lowest BCUT2D eigenvalue weighted by molar-refractivity contribution is 0.0539. The Morgan fingerprint density at radius 1 is 1.05 bits per heavy atom. The van der Waals surface area contributed by atoms with Crippen LogP contribution in [0.3, 0.4) is 0 Å². The molecule has 0 saturated carbocycles. The minimum atomic E-state index is -0.515. The maximum absolute atomic E-state index is 9.77. The molecular weight excluding hydrogens is 466 g/mol. The van der Waals surface area contributed by atoms with Crippen molar-refractivity contribution in [1.82, 2.24) is 19.7 Å². The van der Waals surface area contributed by atoms with Gasteiger partial charge in [0, 0.05) is 30.6 Å². The molecule has 0 spiro atoms. The first-order valence-electron chi connectivity index (χ1n) is 11.7. The van der Waals surface area contributed by atoms with Gasteiger partial charge >= 0.3 is 0 Å². The van der Waals surface area contributed by atoms with Gasteiger partial charge in [-0.15, -0.1) is 0 Å². The molecular formula is C29H25N5O3. The van der Waals surface area contributed by atoms with Crippen LogP contribution in [0.2, 0.25) is 0 Å². The molecule has 5 aromatic rings. The van der Waals surface area contributed by atoms with E-state index in [1.54, 1.807) is 13.3 Å². The highest BCUT2D eigenvalue weighted by molar-refractivity contribution is 5.74. The number of hydrogen-bond acceptors (Lipinski definition) is 7. The summed E-state index contributed by atoms with van der Waals surface area (Å²) in [5.74, 6) is 2.28. The molecule has 2 heterocycles. The van der Waals surface area contributed by atoms with Crippen LogP contribution in [0.4, 0.5) is 0 Å². The average Bonchev–Trinajstić information content (AvgIpc) is 3.58. The molecule has 0 amide bonds. The standard InChI is InChI=1S/C29H25N5O3/c1-19-6-4-5-7-24(19)25-16-21(8-9-22(25)17-30)27(28-31-14-15-34(28)2)36-18-26-32-29(37-33-26)20-10-12-23(35-3)13-11-20/h4-16,27H,18H2,1-3H3. The van der Waals surface area contributed by atoms with Crippen LogP contribution in [0.15, 0.2) is 83.6 Å². The van der Waals surface area contributed by atoms with E-state index in [2.05, 4.69) is 21.2 Å². The van der Waals surface area contributed by atoms with E-state index in [1.165, 1.54) is 0 Å². The van der Waals surface area contributed by atoms with E-state index in [0.29, 0.717) is 17.3 Å². The summed E-state index contributed by atoms with van der Waals surface area (Å²) in [5, 5.41) is 13.9. The fraction of sp³-hybridized carbons (Fsp3) is 0.172. The molecule has 2 aromatic heterocycles. The third kappa shape index (κ3) is 4.99. The molecule has 0 N–H and O–H groups in total. The van der Waals surface area contributed by atoms with Crippen LogP contribution in [0.1, 0.15) is 34.4 Å². The van der Waals surface area contributed by atoms with Crippen molar-refractivity contribution in [1.29, 1.82) is 5.26 Å². The zero-order valence-corrected chi connectivity index (χ0v) is 20.8. The van der Waals surface area contributed by atoms with E-state index >= 15 is 0 Å². The lowest BCUT2D eigenvalue weighted by Crippen LogP contribution is -2.12. The SMILES string of the molecule is COc1ccc(-c2nc(COC(c3ccc(C#N)c(-c4ccccc4C)c3)c3nccn3C)no2)cc1. The minimum Gasteiger partial charge on any atom is -0.497 e. The topological polar surface area (TPSA) is 99.0 Å². The summed E-state index contributed by atoms with van der Waals surface area (Å²) in [5.41, 5.74) is 5.19. The molecule has 0 aliphatic carbocycles. The quantitative estimate of drug-likeness (QED) is 0.277. The third-order valence-electron chi connectivity index (χ3n) is 6.18. The fourth-order valence-corrected chi connectivity index (χ4v) is 4.19. The fourth-order valence-electron chi connectivity index (χ4n) is 4.19. The van der Waals surface area contributed by atoms with Crippen molar-refractivity contribution in [3.05, 3.63) is 107 Å². The summed E-state index contributed by atoms with van der Waals surface area (Å²) in [7, 11) is 3.54. The van der Waals surface area contributed by atoms with Crippen LogP contribution in [-0.4, -0.2) is 26.8 Å². The van der Waals surface area contributed by atoms with Crippen LogP contribution in [0.25, 0.3) is 22.6 Å². The van der Waals surface area contributed by atoms with Gasteiger partial charge in [0.25, 0.3) is 5.89 Å². The van der Waals surface area contributed by atoms with E-state index < -0.39 is 6.10 Å². The van der Waals surface area contributed by atoms with Crippen LogP contribution < -0.4 is 4.74 Å². The number of imidazole rings is 1. The van der Waals surface area contributed by atoms with Gasteiger partial charge in [-0.1, -0.05) is 35.5 Å². The molecule has 0 radical (unpaired) electrons. The second-order valence-electron chi connectivity index (χ2n) is 8.56. The maximum atomic E-state index is 9.77. The summed E-state index contributed by atoms with van der Waals surface area (Å²) >= 11 is 0. The molecule has 8 nitrogen and oxygen atoms in total. The van der Waals surface area contributed by atoms with Crippen molar-refractivity contribution in [3.63, 3.8) is 0 Å². The number of hydrogen-bond donors (Lipinski definition) is 0. The lowest BCUT2D eigenvalue weighted by atomic mass is 9.93. The van der Waals surface area contributed by atoms with Crippen molar-refractivity contribution >= 4 is 0 Å². The number of aromatic nitrogens is 4. The zero-order chi connectivity index (χ0) is 25.8. The van der Waals surface area contributed by atoms with Gasteiger partial charge in [0.2, 0.25) is 0 Å². The van der Waals surface area contributed by atoms with Crippen molar-refractivity contribution < 1.29 is 14.0 Å². The van der Waals surface area contributed by atoms with E-state index in [9.17, 15) is 5.26 Å². The minimum absolute atomic E-state index is 0.108. The summed E-state index contributed by atoms with van der Waals surface area (Å²) in [4.78, 5) is 9.03. The van der Waals surface area contributed by atoms with Crippen LogP contribution in [0.5, 0.6) is 5.75 Å². The van der Waals surface area contributed by atoms with Crippen molar-refractivity contribution in [2.24, 2.45) is 7.05 Å². The summed E-state index contributed by atoms with van der Waals surface area (Å²) in [6, 6.07) is 23.4. The predicted molar refractivity (Wildman–Crippen MR) is 137 cm³/mol. The highest BCUT2D eigenvalue weighted by Gasteiger charge is 2.22. The molecule has 1 atom stereocenters. The number of rotatable bonds is 8. The first-order valence-corrected chi connectivity index (χ1v) is 11.7. The Bertz CT molecular complexity index is 1560. The Morgan fingerprint density at radius 3 is 2.57 bits per heavy atom. The summed E-state index contributed by atoms with van der Waals surface area (Å²) < 4.78 is 18.9. The van der Waals surface area contributed by atoms with E-state index in [0.717, 1.165) is 39.4 Å². The van der Waals surface area contributed by atoms with E-state index in [1.807, 2.05) is 91.5 Å². The number of ether oxygens (including phenoxy) is 2. The number of nitrogens with zero attached hydrogens (tertiary/aromatic N) is 5. The molecule has 3 aromatic carbocycles. The Hall–Kier alpha value is -4.74. The second kappa shape index (κ2) is 10.5. The lowest BCUT2D eigenvalue weighted by Gasteiger charge is -2.19. The van der Waals surface area contributed by atoms with E-state index in [-0.39, 0.29) is 6.61 Å². The van der Waals surface area contributed by atoms with Gasteiger partial charge in [0.05, 0.1) is 18.7 Å². The van der Waals surface area contributed by atoms with E-state index in [4.69, 9.17) is 14.0 Å². The van der Waals surface area contributed by atoms with Crippen LogP contribution in [0, 0.1) is 18.3 Å². The Balaban J connectivity index is 1.46.